The van der Waals surface area contributed by atoms with E-state index in [1.165, 1.54) is 12.1 Å². The number of phenols is 1. The Bertz CT molecular complexity index is 411. The van der Waals surface area contributed by atoms with Crippen LogP contribution in [0.2, 0.25) is 0 Å². The fourth-order valence-corrected chi connectivity index (χ4v) is 0.885. The van der Waals surface area contributed by atoms with E-state index in [2.05, 4.69) is 11.3 Å². The van der Waals surface area contributed by atoms with Gasteiger partial charge >= 0.3 is 11.9 Å². The van der Waals surface area contributed by atoms with Crippen molar-refractivity contribution in [1.29, 1.82) is 0 Å². The lowest BCUT2D eigenvalue weighted by atomic mass is 10.3. The van der Waals surface area contributed by atoms with Crippen LogP contribution in [0.5, 0.6) is 11.5 Å². The molecule has 0 atom stereocenters. The van der Waals surface area contributed by atoms with Gasteiger partial charge in [0.25, 0.3) is 0 Å². The van der Waals surface area contributed by atoms with Crippen molar-refractivity contribution in [2.75, 3.05) is 6.61 Å². The summed E-state index contributed by atoms with van der Waals surface area (Å²) in [7, 11) is 0. The maximum absolute atomic E-state index is 11.1. The second-order valence-corrected chi connectivity index (χ2v) is 2.75. The van der Waals surface area contributed by atoms with E-state index < -0.39 is 18.5 Å². The molecule has 16 heavy (non-hydrogen) atoms. The number of hydrogen-bond donors (Lipinski definition) is 1. The third-order valence-corrected chi connectivity index (χ3v) is 1.59. The number of aromatic hydroxyl groups is 1. The number of carbonyl (C=O) groups excluding carboxylic acids is 2. The second-order valence-electron chi connectivity index (χ2n) is 2.75. The number of carbonyl (C=O) groups is 2. The molecular formula is C11H10O5. The van der Waals surface area contributed by atoms with E-state index in [9.17, 15) is 14.7 Å². The summed E-state index contributed by atoms with van der Waals surface area (Å²) < 4.78 is 9.19. The number of ether oxygens (including phenoxy) is 2. The van der Waals surface area contributed by atoms with Crippen molar-refractivity contribution < 1.29 is 24.2 Å². The van der Waals surface area contributed by atoms with Gasteiger partial charge in [-0.25, -0.2) is 9.59 Å². The minimum atomic E-state index is -0.781. The van der Waals surface area contributed by atoms with E-state index in [1.807, 2.05) is 0 Å². The Kier molecular flexibility index (Phi) is 4.08. The van der Waals surface area contributed by atoms with Crippen LogP contribution in [0.3, 0.4) is 0 Å². The Balaban J connectivity index is 2.49. The lowest BCUT2D eigenvalue weighted by Gasteiger charge is -2.05. The molecule has 5 nitrogen and oxygen atoms in total. The third-order valence-electron chi connectivity index (χ3n) is 1.59. The Hall–Kier alpha value is -2.30. The summed E-state index contributed by atoms with van der Waals surface area (Å²) in [6.45, 7) is 2.64. The average Bonchev–Trinajstić information content (AvgIpc) is 2.29. The van der Waals surface area contributed by atoms with E-state index in [0.717, 1.165) is 6.08 Å². The maximum atomic E-state index is 11.1. The van der Waals surface area contributed by atoms with E-state index in [4.69, 9.17) is 4.74 Å². The standard InChI is InChI=1S/C11H10O5/c1-2-10(13)15-7-11(14)16-9-6-4-3-5-8(9)12/h2-6,12H,1,7H2. The van der Waals surface area contributed by atoms with Crippen LogP contribution >= 0.6 is 0 Å². The van der Waals surface area contributed by atoms with Gasteiger partial charge < -0.3 is 14.6 Å². The maximum Gasteiger partial charge on any atom is 0.349 e. The highest BCUT2D eigenvalue weighted by atomic mass is 16.6. The van der Waals surface area contributed by atoms with E-state index in [0.29, 0.717) is 0 Å². The molecule has 0 amide bonds. The van der Waals surface area contributed by atoms with Gasteiger partial charge in [-0.3, -0.25) is 0 Å². The molecule has 1 rings (SSSR count). The van der Waals surface area contributed by atoms with Gasteiger partial charge in [-0.05, 0) is 12.1 Å². The summed E-state index contributed by atoms with van der Waals surface area (Å²) in [6.07, 6.45) is 0.938. The van der Waals surface area contributed by atoms with Gasteiger partial charge in [0.15, 0.2) is 18.1 Å². The van der Waals surface area contributed by atoms with Gasteiger partial charge in [-0.15, -0.1) is 0 Å². The van der Waals surface area contributed by atoms with Gasteiger partial charge in [0.1, 0.15) is 0 Å². The molecule has 0 heterocycles. The number of para-hydroxylation sites is 2. The zero-order chi connectivity index (χ0) is 12.0. The monoisotopic (exact) mass is 222 g/mol. The lowest BCUT2D eigenvalue weighted by Crippen LogP contribution is -2.17. The van der Waals surface area contributed by atoms with Crippen molar-refractivity contribution in [3.05, 3.63) is 36.9 Å². The van der Waals surface area contributed by atoms with Gasteiger partial charge in [-0.2, -0.15) is 0 Å². The summed E-state index contributed by atoms with van der Waals surface area (Å²) in [4.78, 5) is 21.8. The molecule has 0 aliphatic carbocycles. The molecule has 0 aliphatic rings. The van der Waals surface area contributed by atoms with Crippen LogP contribution in [0.1, 0.15) is 0 Å². The molecular weight excluding hydrogens is 212 g/mol. The minimum Gasteiger partial charge on any atom is -0.504 e. The van der Waals surface area contributed by atoms with Gasteiger partial charge in [0.05, 0.1) is 0 Å². The zero-order valence-electron chi connectivity index (χ0n) is 8.38. The van der Waals surface area contributed by atoms with Crippen LogP contribution in [-0.2, 0) is 14.3 Å². The summed E-state index contributed by atoms with van der Waals surface area (Å²) in [5.74, 6) is -1.64. The molecule has 0 radical (unpaired) electrons. The minimum absolute atomic E-state index is 0.0159. The van der Waals surface area contributed by atoms with Crippen molar-refractivity contribution in [1.82, 2.24) is 0 Å². The molecule has 0 aliphatic heterocycles. The summed E-state index contributed by atoms with van der Waals surface area (Å²) >= 11 is 0. The number of rotatable bonds is 4. The zero-order valence-corrected chi connectivity index (χ0v) is 8.38. The lowest BCUT2D eigenvalue weighted by molar-refractivity contribution is -0.150. The predicted octanol–water partition coefficient (Wildman–Crippen LogP) is 1.03. The number of benzene rings is 1. The van der Waals surface area contributed by atoms with Crippen molar-refractivity contribution in [2.45, 2.75) is 0 Å². The SMILES string of the molecule is C=CC(=O)OCC(=O)Oc1ccccc1O. The highest BCUT2D eigenvalue weighted by Crippen LogP contribution is 2.24. The van der Waals surface area contributed by atoms with Crippen LogP contribution in [0.25, 0.3) is 0 Å². The Morgan fingerprint density at radius 3 is 2.69 bits per heavy atom. The highest BCUT2D eigenvalue weighted by molar-refractivity contribution is 5.84. The largest absolute Gasteiger partial charge is 0.504 e. The third kappa shape index (κ3) is 3.45. The highest BCUT2D eigenvalue weighted by Gasteiger charge is 2.09. The van der Waals surface area contributed by atoms with Crippen LogP contribution in [0.4, 0.5) is 0 Å². The molecule has 84 valence electrons. The summed E-state index contributed by atoms with van der Waals surface area (Å²) in [5.41, 5.74) is 0. The number of phenolic OH excluding ortho intramolecular Hbond substituents is 1. The molecule has 0 saturated carbocycles. The molecule has 0 fully saturated rings. The first kappa shape index (κ1) is 11.8. The molecule has 1 aromatic rings. The second kappa shape index (κ2) is 5.55. The Morgan fingerprint density at radius 1 is 1.38 bits per heavy atom. The van der Waals surface area contributed by atoms with Crippen LogP contribution < -0.4 is 4.74 Å². The molecule has 0 bridgehead atoms. The number of hydrogen-bond acceptors (Lipinski definition) is 5. The van der Waals surface area contributed by atoms with Crippen molar-refractivity contribution in [2.24, 2.45) is 0 Å². The molecule has 0 spiro atoms. The molecule has 5 heteroatoms. The molecule has 0 unspecified atom stereocenters. The predicted molar refractivity (Wildman–Crippen MR) is 54.9 cm³/mol. The van der Waals surface area contributed by atoms with Crippen LogP contribution in [0, 0.1) is 0 Å². The van der Waals surface area contributed by atoms with Gasteiger partial charge in [0.2, 0.25) is 0 Å². The average molecular weight is 222 g/mol. The molecule has 1 aromatic carbocycles. The van der Waals surface area contributed by atoms with Crippen LogP contribution in [0.15, 0.2) is 36.9 Å². The molecule has 0 saturated heterocycles. The van der Waals surface area contributed by atoms with Crippen molar-refractivity contribution >= 4 is 11.9 Å². The van der Waals surface area contributed by atoms with Gasteiger partial charge in [-0.1, -0.05) is 18.7 Å². The Labute approximate surface area is 91.9 Å². The van der Waals surface area contributed by atoms with Crippen molar-refractivity contribution in [3.63, 3.8) is 0 Å². The van der Waals surface area contributed by atoms with Crippen LogP contribution in [-0.4, -0.2) is 23.7 Å². The fourth-order valence-electron chi connectivity index (χ4n) is 0.885. The van der Waals surface area contributed by atoms with E-state index in [1.54, 1.807) is 12.1 Å². The summed E-state index contributed by atoms with van der Waals surface area (Å²) in [5, 5.41) is 9.28. The smallest absolute Gasteiger partial charge is 0.349 e. The first-order valence-electron chi connectivity index (χ1n) is 4.41. The summed E-state index contributed by atoms with van der Waals surface area (Å²) in [6, 6.07) is 5.98. The molecule has 0 aromatic heterocycles. The normalized spacial score (nSPS) is 9.25. The van der Waals surface area contributed by atoms with Crippen molar-refractivity contribution in [3.8, 4) is 11.5 Å². The van der Waals surface area contributed by atoms with Gasteiger partial charge in [0, 0.05) is 6.08 Å². The first-order chi connectivity index (χ1) is 7.63. The first-order valence-corrected chi connectivity index (χ1v) is 4.41. The van der Waals surface area contributed by atoms with E-state index in [-0.39, 0.29) is 11.5 Å². The van der Waals surface area contributed by atoms with E-state index >= 15 is 0 Å². The quantitative estimate of drug-likeness (QED) is 0.468. The Morgan fingerprint density at radius 2 is 2.06 bits per heavy atom. The topological polar surface area (TPSA) is 72.8 Å². The number of esters is 2. The fraction of sp³-hybridized carbons (Fsp3) is 0.0909. The molecule has 1 N–H and O–H groups in total.